The fourth-order valence-electron chi connectivity index (χ4n) is 4.00. The van der Waals surface area contributed by atoms with Crippen LogP contribution in [0.2, 0.25) is 0 Å². The number of hydrogen-bond acceptors (Lipinski definition) is 3. The van der Waals surface area contributed by atoms with Gasteiger partial charge >= 0.3 is 0 Å². The minimum absolute atomic E-state index is 0.0983. The van der Waals surface area contributed by atoms with E-state index in [1.807, 2.05) is 110 Å². The molecule has 4 aromatic carbocycles. The Balaban J connectivity index is 1.65. The predicted molar refractivity (Wildman–Crippen MR) is 143 cm³/mol. The van der Waals surface area contributed by atoms with E-state index in [0.717, 1.165) is 27.6 Å². The Morgan fingerprint density at radius 2 is 1.43 bits per heavy atom. The monoisotopic (exact) mass is 484 g/mol. The van der Waals surface area contributed by atoms with Crippen LogP contribution in [0, 0.1) is 0 Å². The first-order valence-electron chi connectivity index (χ1n) is 11.5. The number of anilines is 1. The lowest BCUT2D eigenvalue weighted by molar-refractivity contribution is -0.118. The number of likely N-dealkylation sites (N-methyl/N-ethyl adjacent to an activating group) is 1. The Hall–Kier alpha value is -3.74. The fourth-order valence-corrected chi connectivity index (χ4v) is 5.12. The molecule has 35 heavy (non-hydrogen) atoms. The van der Waals surface area contributed by atoms with Crippen molar-refractivity contribution in [2.45, 2.75) is 13.5 Å². The van der Waals surface area contributed by atoms with E-state index >= 15 is 0 Å². The van der Waals surface area contributed by atoms with Gasteiger partial charge in [-0.1, -0.05) is 97.1 Å². The number of hydrogen-bond donors (Lipinski definition) is 0. The smallest absolute Gasteiger partial charge is 0.242 e. The van der Waals surface area contributed by atoms with Crippen molar-refractivity contribution < 1.29 is 13.2 Å². The Kier molecular flexibility index (Phi) is 7.75. The second-order valence-corrected chi connectivity index (χ2v) is 9.97. The van der Waals surface area contributed by atoms with Crippen LogP contribution in [0.5, 0.6) is 0 Å². The van der Waals surface area contributed by atoms with E-state index in [-0.39, 0.29) is 19.0 Å². The molecule has 0 N–H and O–H groups in total. The van der Waals surface area contributed by atoms with Crippen molar-refractivity contribution >= 4 is 38.5 Å². The van der Waals surface area contributed by atoms with E-state index in [4.69, 9.17) is 0 Å². The van der Waals surface area contributed by atoms with E-state index in [0.29, 0.717) is 6.54 Å². The Labute approximate surface area is 207 Å². The van der Waals surface area contributed by atoms with Crippen LogP contribution in [0.25, 0.3) is 16.8 Å². The Morgan fingerprint density at radius 3 is 2.14 bits per heavy atom. The van der Waals surface area contributed by atoms with E-state index in [1.54, 1.807) is 11.0 Å². The highest BCUT2D eigenvalue weighted by Crippen LogP contribution is 2.27. The molecule has 0 unspecified atom stereocenters. The molecule has 0 radical (unpaired) electrons. The van der Waals surface area contributed by atoms with Crippen molar-refractivity contribution in [2.24, 2.45) is 0 Å². The average Bonchev–Trinajstić information content (AvgIpc) is 2.89. The number of amides is 1. The summed E-state index contributed by atoms with van der Waals surface area (Å²) in [6.07, 6.45) is 1.56. The van der Waals surface area contributed by atoms with Crippen molar-refractivity contribution in [1.82, 2.24) is 4.31 Å². The zero-order valence-corrected chi connectivity index (χ0v) is 20.4. The van der Waals surface area contributed by atoms with Crippen molar-refractivity contribution in [3.05, 3.63) is 120 Å². The highest BCUT2D eigenvalue weighted by atomic mass is 32.2. The number of sulfonamides is 1. The number of fused-ring (bicyclic) bond motifs is 1. The summed E-state index contributed by atoms with van der Waals surface area (Å²) in [4.78, 5) is 15.2. The lowest BCUT2D eigenvalue weighted by atomic mass is 10.1. The average molecular weight is 485 g/mol. The fraction of sp³-hybridized carbons (Fsp3) is 0.138. The highest BCUT2D eigenvalue weighted by Gasteiger charge is 2.26. The van der Waals surface area contributed by atoms with Gasteiger partial charge in [0.15, 0.2) is 0 Å². The van der Waals surface area contributed by atoms with Crippen molar-refractivity contribution in [3.63, 3.8) is 0 Å². The molecule has 0 heterocycles. The van der Waals surface area contributed by atoms with E-state index in [1.165, 1.54) is 9.71 Å². The van der Waals surface area contributed by atoms with Crippen LogP contribution in [-0.4, -0.2) is 31.7 Å². The standard InChI is InChI=1S/C29H28N2O3S/c1-2-31(28-19-11-17-26-16-9-10-18-27(26)28)29(32)23-30(22-25-14-7-4-8-15-25)35(33,34)21-20-24-12-5-3-6-13-24/h3-21H,2,22-23H2,1H3. The third-order valence-corrected chi connectivity index (χ3v) is 7.24. The molecule has 0 aromatic heterocycles. The molecule has 0 aliphatic heterocycles. The second-order valence-electron chi connectivity index (χ2n) is 8.15. The summed E-state index contributed by atoms with van der Waals surface area (Å²) in [6, 6.07) is 32.2. The minimum Gasteiger partial charge on any atom is -0.311 e. The number of carbonyl (C=O) groups excluding carboxylic acids is 1. The van der Waals surface area contributed by atoms with E-state index in [2.05, 4.69) is 0 Å². The number of rotatable bonds is 9. The molecule has 0 aliphatic rings. The van der Waals surface area contributed by atoms with E-state index < -0.39 is 10.0 Å². The predicted octanol–water partition coefficient (Wildman–Crippen LogP) is 5.70. The molecule has 0 fully saturated rings. The van der Waals surface area contributed by atoms with Gasteiger partial charge < -0.3 is 4.90 Å². The van der Waals surface area contributed by atoms with Gasteiger partial charge in [0, 0.05) is 23.9 Å². The third kappa shape index (κ3) is 6.04. The molecule has 0 saturated heterocycles. The molecular weight excluding hydrogens is 456 g/mol. The van der Waals surface area contributed by atoms with Gasteiger partial charge in [-0.3, -0.25) is 4.79 Å². The van der Waals surface area contributed by atoms with Crippen LogP contribution in [0.4, 0.5) is 5.69 Å². The van der Waals surface area contributed by atoms with Crippen molar-refractivity contribution in [3.8, 4) is 0 Å². The highest BCUT2D eigenvalue weighted by molar-refractivity contribution is 7.92. The van der Waals surface area contributed by atoms with Gasteiger partial charge in [-0.25, -0.2) is 8.42 Å². The maximum absolute atomic E-state index is 13.5. The topological polar surface area (TPSA) is 57.7 Å². The van der Waals surface area contributed by atoms with Crippen LogP contribution in [-0.2, 0) is 21.4 Å². The number of carbonyl (C=O) groups is 1. The van der Waals surface area contributed by atoms with Crippen molar-refractivity contribution in [2.75, 3.05) is 18.0 Å². The number of nitrogens with zero attached hydrogens (tertiary/aromatic N) is 2. The largest absolute Gasteiger partial charge is 0.311 e. The van der Waals surface area contributed by atoms with Crippen LogP contribution in [0.3, 0.4) is 0 Å². The quantitative estimate of drug-likeness (QED) is 0.306. The van der Waals surface area contributed by atoms with Crippen LogP contribution < -0.4 is 4.90 Å². The SMILES string of the molecule is CCN(C(=O)CN(Cc1ccccc1)S(=O)(=O)C=Cc1ccccc1)c1cccc2ccccc12. The van der Waals surface area contributed by atoms with Gasteiger partial charge in [0.05, 0.1) is 12.2 Å². The second kappa shape index (κ2) is 11.1. The van der Waals surface area contributed by atoms with Gasteiger partial charge in [-0.05, 0) is 35.6 Å². The van der Waals surface area contributed by atoms with Gasteiger partial charge in [0.25, 0.3) is 0 Å². The molecule has 0 spiro atoms. The third-order valence-electron chi connectivity index (χ3n) is 5.78. The molecule has 0 aliphatic carbocycles. The first-order chi connectivity index (χ1) is 17.0. The van der Waals surface area contributed by atoms with E-state index in [9.17, 15) is 13.2 Å². The summed E-state index contributed by atoms with van der Waals surface area (Å²) in [6.45, 7) is 2.14. The minimum atomic E-state index is -3.87. The summed E-state index contributed by atoms with van der Waals surface area (Å²) in [5, 5.41) is 3.15. The molecule has 178 valence electrons. The summed E-state index contributed by atoms with van der Waals surface area (Å²) in [5.74, 6) is -0.281. The summed E-state index contributed by atoms with van der Waals surface area (Å²) in [7, 11) is -3.87. The molecule has 6 heteroatoms. The molecular formula is C29H28N2O3S. The van der Waals surface area contributed by atoms with Crippen LogP contribution in [0.1, 0.15) is 18.1 Å². The Morgan fingerprint density at radius 1 is 0.800 bits per heavy atom. The normalized spacial score (nSPS) is 11.8. The Bertz CT molecular complexity index is 1410. The summed E-state index contributed by atoms with van der Waals surface area (Å²) in [5.41, 5.74) is 2.35. The maximum Gasteiger partial charge on any atom is 0.242 e. The van der Waals surface area contributed by atoms with Crippen LogP contribution in [0.15, 0.2) is 109 Å². The van der Waals surface area contributed by atoms with Gasteiger partial charge in [-0.2, -0.15) is 4.31 Å². The van der Waals surface area contributed by atoms with Crippen molar-refractivity contribution in [1.29, 1.82) is 0 Å². The molecule has 5 nitrogen and oxygen atoms in total. The zero-order valence-electron chi connectivity index (χ0n) is 19.6. The molecule has 0 saturated carbocycles. The number of benzene rings is 4. The maximum atomic E-state index is 13.5. The van der Waals surface area contributed by atoms with Gasteiger partial charge in [0.2, 0.25) is 15.9 Å². The first kappa shape index (κ1) is 24.4. The molecule has 4 rings (SSSR count). The zero-order chi connectivity index (χ0) is 24.7. The van der Waals surface area contributed by atoms with Gasteiger partial charge in [-0.15, -0.1) is 0 Å². The molecule has 0 atom stereocenters. The first-order valence-corrected chi connectivity index (χ1v) is 13.0. The van der Waals surface area contributed by atoms with Gasteiger partial charge in [0.1, 0.15) is 0 Å². The lowest BCUT2D eigenvalue weighted by Gasteiger charge is -2.27. The lowest BCUT2D eigenvalue weighted by Crippen LogP contribution is -2.42. The summed E-state index contributed by atoms with van der Waals surface area (Å²) >= 11 is 0. The van der Waals surface area contributed by atoms with Crippen LogP contribution >= 0.6 is 0 Å². The molecule has 0 bridgehead atoms. The molecule has 1 amide bonds. The molecule has 4 aromatic rings. The summed E-state index contributed by atoms with van der Waals surface area (Å²) < 4.78 is 28.0.